The minimum Gasteiger partial charge on any atom is -0.481 e. The molecular formula is C12H16FO3P. The van der Waals surface area contributed by atoms with E-state index in [0.29, 0.717) is 21.3 Å². The number of carboxylic acids is 1. The van der Waals surface area contributed by atoms with Crippen molar-refractivity contribution in [3.05, 3.63) is 29.8 Å². The fourth-order valence-corrected chi connectivity index (χ4v) is 2.20. The van der Waals surface area contributed by atoms with Gasteiger partial charge in [0.15, 0.2) is 0 Å². The van der Waals surface area contributed by atoms with Crippen LogP contribution in [0.3, 0.4) is 0 Å². The summed E-state index contributed by atoms with van der Waals surface area (Å²) in [6, 6.07) is 7.78. The van der Waals surface area contributed by atoms with E-state index >= 15 is 0 Å². The van der Waals surface area contributed by atoms with Crippen molar-refractivity contribution in [1.29, 1.82) is 0 Å². The Morgan fingerprint density at radius 3 is 3.00 bits per heavy atom. The third kappa shape index (κ3) is 6.35. The molecule has 5 heteroatoms. The van der Waals surface area contributed by atoms with Crippen LogP contribution in [0.1, 0.15) is 12.0 Å². The lowest BCUT2D eigenvalue weighted by atomic mass is 10.2. The smallest absolute Gasteiger partial charge is 0.305 e. The van der Waals surface area contributed by atoms with Crippen LogP contribution in [0.15, 0.2) is 24.3 Å². The van der Waals surface area contributed by atoms with Crippen molar-refractivity contribution in [2.24, 2.45) is 0 Å². The highest BCUT2D eigenvalue weighted by molar-refractivity contribution is 7.47. The van der Waals surface area contributed by atoms with Gasteiger partial charge in [0, 0.05) is 0 Å². The van der Waals surface area contributed by atoms with Crippen LogP contribution in [0.2, 0.25) is 0 Å². The summed E-state index contributed by atoms with van der Waals surface area (Å²) in [5, 5.41) is 9.55. The lowest BCUT2D eigenvalue weighted by Gasteiger charge is -2.05. The molecule has 0 aliphatic carbocycles. The molecule has 0 radical (unpaired) electrons. The van der Waals surface area contributed by atoms with Crippen molar-refractivity contribution in [2.45, 2.75) is 13.0 Å². The summed E-state index contributed by atoms with van der Waals surface area (Å²) in [5.74, 6) is -0.858. The quantitative estimate of drug-likeness (QED) is 0.572. The van der Waals surface area contributed by atoms with Gasteiger partial charge in [0.25, 0.3) is 0 Å². The molecule has 0 saturated carbocycles. The van der Waals surface area contributed by atoms with Crippen molar-refractivity contribution >= 4 is 19.9 Å². The Morgan fingerprint density at radius 1 is 1.47 bits per heavy atom. The van der Waals surface area contributed by atoms with Gasteiger partial charge in [-0.05, 0) is 23.1 Å². The molecule has 0 aliphatic rings. The third-order valence-corrected chi connectivity index (χ3v) is 3.24. The van der Waals surface area contributed by atoms with Gasteiger partial charge >= 0.3 is 5.97 Å². The standard InChI is InChI=1S/C12H16FO3P/c13-5-7-17-11-3-1-2-10(8-11)9-16-6-4-12(14)15/h1-3,8,17H,4-7,9H2,(H,14,15). The van der Waals surface area contributed by atoms with E-state index in [2.05, 4.69) is 0 Å². The van der Waals surface area contributed by atoms with Gasteiger partial charge in [-0.1, -0.05) is 26.8 Å². The molecule has 1 N–H and O–H groups in total. The molecule has 0 heterocycles. The molecule has 94 valence electrons. The molecule has 0 saturated heterocycles. The number of carboxylic acid groups (broad SMARTS) is 1. The highest BCUT2D eigenvalue weighted by Gasteiger charge is 1.99. The second-order valence-electron chi connectivity index (χ2n) is 3.51. The highest BCUT2D eigenvalue weighted by atomic mass is 31.1. The monoisotopic (exact) mass is 258 g/mol. The molecule has 0 amide bonds. The molecule has 1 rings (SSSR count). The Balaban J connectivity index is 2.34. The minimum atomic E-state index is -0.858. The zero-order valence-electron chi connectivity index (χ0n) is 9.49. The summed E-state index contributed by atoms with van der Waals surface area (Å²) >= 11 is 0. The zero-order valence-corrected chi connectivity index (χ0v) is 10.5. The Bertz CT molecular complexity index is 357. The number of ether oxygens (including phenoxy) is 1. The zero-order chi connectivity index (χ0) is 12.5. The molecule has 0 aliphatic heterocycles. The fraction of sp³-hybridized carbons (Fsp3) is 0.417. The van der Waals surface area contributed by atoms with E-state index in [1.807, 2.05) is 24.3 Å². The van der Waals surface area contributed by atoms with Crippen molar-refractivity contribution in [3.8, 4) is 0 Å². The first kappa shape index (κ1) is 14.1. The summed E-state index contributed by atoms with van der Waals surface area (Å²) in [7, 11) is 0.478. The Labute approximate surface area is 102 Å². The largest absolute Gasteiger partial charge is 0.481 e. The van der Waals surface area contributed by atoms with E-state index in [1.165, 1.54) is 0 Å². The van der Waals surface area contributed by atoms with Crippen LogP contribution in [0.4, 0.5) is 4.39 Å². The molecule has 1 aromatic rings. The SMILES string of the molecule is O=C(O)CCOCc1cccc(PCCF)c1. The van der Waals surface area contributed by atoms with Crippen LogP contribution < -0.4 is 5.30 Å². The second-order valence-corrected chi connectivity index (χ2v) is 4.94. The van der Waals surface area contributed by atoms with Crippen molar-refractivity contribution in [3.63, 3.8) is 0 Å². The van der Waals surface area contributed by atoms with Crippen LogP contribution in [0.25, 0.3) is 0 Å². The summed E-state index contributed by atoms with van der Waals surface area (Å²) in [4.78, 5) is 10.3. The predicted molar refractivity (Wildman–Crippen MR) is 67.1 cm³/mol. The number of benzene rings is 1. The number of halogens is 1. The van der Waals surface area contributed by atoms with E-state index in [1.54, 1.807) is 0 Å². The van der Waals surface area contributed by atoms with Crippen LogP contribution in [-0.4, -0.2) is 30.5 Å². The Morgan fingerprint density at radius 2 is 2.29 bits per heavy atom. The van der Waals surface area contributed by atoms with Crippen molar-refractivity contribution in [1.82, 2.24) is 0 Å². The first-order chi connectivity index (χ1) is 8.22. The number of carbonyl (C=O) groups is 1. The number of hydrogen-bond donors (Lipinski definition) is 1. The first-order valence-electron chi connectivity index (χ1n) is 5.40. The highest BCUT2D eigenvalue weighted by Crippen LogP contribution is 2.11. The molecule has 1 aromatic carbocycles. The van der Waals surface area contributed by atoms with Gasteiger partial charge in [-0.15, -0.1) is 0 Å². The number of alkyl halides is 1. The molecule has 0 aromatic heterocycles. The summed E-state index contributed by atoms with van der Waals surface area (Å²) < 4.78 is 17.3. The number of rotatable bonds is 8. The summed E-state index contributed by atoms with van der Waals surface area (Å²) in [6.45, 7) is 0.325. The Hall–Kier alpha value is -0.990. The fourth-order valence-electron chi connectivity index (χ4n) is 1.31. The second kappa shape index (κ2) is 8.15. The maximum Gasteiger partial charge on any atom is 0.305 e. The Kier molecular flexibility index (Phi) is 6.75. The van der Waals surface area contributed by atoms with E-state index < -0.39 is 5.97 Å². The average Bonchev–Trinajstić information content (AvgIpc) is 2.32. The van der Waals surface area contributed by atoms with Crippen LogP contribution >= 0.6 is 8.58 Å². The van der Waals surface area contributed by atoms with Crippen LogP contribution in [0, 0.1) is 0 Å². The van der Waals surface area contributed by atoms with Gasteiger partial charge < -0.3 is 9.84 Å². The van der Waals surface area contributed by atoms with Crippen molar-refractivity contribution < 1.29 is 19.0 Å². The normalized spacial score (nSPS) is 11.1. The van der Waals surface area contributed by atoms with Gasteiger partial charge in [0.2, 0.25) is 0 Å². The third-order valence-electron chi connectivity index (χ3n) is 2.08. The molecule has 1 atom stereocenters. The van der Waals surface area contributed by atoms with Crippen molar-refractivity contribution in [2.75, 3.05) is 19.4 Å². The van der Waals surface area contributed by atoms with E-state index in [-0.39, 0.29) is 19.7 Å². The first-order valence-corrected chi connectivity index (χ1v) is 6.61. The molecule has 17 heavy (non-hydrogen) atoms. The molecule has 3 nitrogen and oxygen atoms in total. The lowest BCUT2D eigenvalue weighted by molar-refractivity contribution is -0.138. The lowest BCUT2D eigenvalue weighted by Crippen LogP contribution is -2.04. The predicted octanol–water partition coefficient (Wildman–Crippen LogP) is 1.95. The average molecular weight is 258 g/mol. The van der Waals surface area contributed by atoms with Crippen LogP contribution in [0.5, 0.6) is 0 Å². The van der Waals surface area contributed by atoms with Gasteiger partial charge in [0.05, 0.1) is 26.3 Å². The van der Waals surface area contributed by atoms with E-state index in [0.717, 1.165) is 10.9 Å². The van der Waals surface area contributed by atoms with E-state index in [9.17, 15) is 9.18 Å². The van der Waals surface area contributed by atoms with Gasteiger partial charge in [-0.25, -0.2) is 0 Å². The summed E-state index contributed by atoms with van der Waals surface area (Å²) in [6.07, 6.45) is 0.576. The number of aliphatic carboxylic acids is 1. The molecule has 0 fully saturated rings. The summed E-state index contributed by atoms with van der Waals surface area (Å²) in [5.41, 5.74) is 0.999. The minimum absolute atomic E-state index is 0.0172. The maximum atomic E-state index is 12.0. The maximum absolute atomic E-state index is 12.0. The van der Waals surface area contributed by atoms with E-state index in [4.69, 9.17) is 9.84 Å². The van der Waals surface area contributed by atoms with Gasteiger partial charge in [0.1, 0.15) is 0 Å². The topological polar surface area (TPSA) is 46.5 Å². The van der Waals surface area contributed by atoms with Crippen LogP contribution in [-0.2, 0) is 16.1 Å². The number of hydrogen-bond acceptors (Lipinski definition) is 2. The van der Waals surface area contributed by atoms with Gasteiger partial charge in [-0.2, -0.15) is 0 Å². The molecule has 0 bridgehead atoms. The molecule has 0 spiro atoms. The molecule has 1 unspecified atom stereocenters. The molecular weight excluding hydrogens is 242 g/mol. The van der Waals surface area contributed by atoms with Gasteiger partial charge in [-0.3, -0.25) is 9.18 Å².